The molecule has 7 nitrogen and oxygen atoms in total. The molecule has 1 amide bonds. The van der Waals surface area contributed by atoms with E-state index in [1.807, 2.05) is 48.5 Å². The number of carbonyl (C=O) groups excluding carboxylic acids is 1. The quantitative estimate of drug-likeness (QED) is 0.369. The summed E-state index contributed by atoms with van der Waals surface area (Å²) in [4.78, 5) is 23.9. The van der Waals surface area contributed by atoms with Gasteiger partial charge in [-0.2, -0.15) is 5.26 Å². The van der Waals surface area contributed by atoms with E-state index in [2.05, 4.69) is 33.5 Å². The van der Waals surface area contributed by atoms with E-state index in [0.717, 1.165) is 12.0 Å². The van der Waals surface area contributed by atoms with E-state index in [0.29, 0.717) is 34.9 Å². The highest BCUT2D eigenvalue weighted by atomic mass is 16.3. The molecule has 1 heterocycles. The van der Waals surface area contributed by atoms with Crippen molar-refractivity contribution in [2.75, 3.05) is 25.5 Å². The zero-order valence-electron chi connectivity index (χ0n) is 20.0. The third kappa shape index (κ3) is 6.12. The molecule has 0 aliphatic heterocycles. The van der Waals surface area contributed by atoms with E-state index in [1.165, 1.54) is 16.7 Å². The van der Waals surface area contributed by atoms with Gasteiger partial charge in [0.05, 0.1) is 35.5 Å². The first-order valence-electron chi connectivity index (χ1n) is 11.7. The van der Waals surface area contributed by atoms with Crippen LogP contribution in [-0.4, -0.2) is 46.0 Å². The number of aliphatic hydroxyl groups is 1. The Kier molecular flexibility index (Phi) is 8.01. The van der Waals surface area contributed by atoms with E-state index in [-0.39, 0.29) is 12.5 Å². The molecule has 180 valence electrons. The summed E-state index contributed by atoms with van der Waals surface area (Å²) >= 11 is 0. The summed E-state index contributed by atoms with van der Waals surface area (Å²) in [6, 6.07) is 28.4. The van der Waals surface area contributed by atoms with Crippen molar-refractivity contribution in [1.29, 1.82) is 5.26 Å². The van der Waals surface area contributed by atoms with Gasteiger partial charge in [0, 0.05) is 25.4 Å². The first-order valence-corrected chi connectivity index (χ1v) is 11.7. The maximum Gasteiger partial charge on any atom is 0.257 e. The monoisotopic (exact) mass is 477 g/mol. The fraction of sp³-hybridized carbons (Fsp3) is 0.172. The Bertz CT molecular complexity index is 1340. The second kappa shape index (κ2) is 11.7. The van der Waals surface area contributed by atoms with E-state index >= 15 is 0 Å². The minimum Gasteiger partial charge on any atom is -0.387 e. The van der Waals surface area contributed by atoms with Gasteiger partial charge in [-0.05, 0) is 29.7 Å². The third-order valence-corrected chi connectivity index (χ3v) is 5.82. The molecule has 1 unspecified atom stereocenters. The fourth-order valence-electron chi connectivity index (χ4n) is 3.84. The van der Waals surface area contributed by atoms with Crippen LogP contribution in [0.4, 0.5) is 5.95 Å². The number of benzene rings is 3. The lowest BCUT2D eigenvalue weighted by Gasteiger charge is -2.22. The predicted molar refractivity (Wildman–Crippen MR) is 139 cm³/mol. The number of hydrogen-bond acceptors (Lipinski definition) is 6. The highest BCUT2D eigenvalue weighted by molar-refractivity contribution is 5.99. The Morgan fingerprint density at radius 3 is 2.36 bits per heavy atom. The average Bonchev–Trinajstić information content (AvgIpc) is 2.93. The van der Waals surface area contributed by atoms with Crippen LogP contribution in [0.15, 0.2) is 91.1 Å². The fourth-order valence-corrected chi connectivity index (χ4v) is 3.84. The molecule has 7 heteroatoms. The number of rotatable bonds is 9. The number of hydrogen-bond donors (Lipinski definition) is 2. The van der Waals surface area contributed by atoms with Crippen molar-refractivity contribution in [2.24, 2.45) is 0 Å². The van der Waals surface area contributed by atoms with Crippen LogP contribution in [0.3, 0.4) is 0 Å². The molecule has 0 aliphatic carbocycles. The molecule has 4 rings (SSSR count). The number of anilines is 1. The van der Waals surface area contributed by atoms with Crippen LogP contribution >= 0.6 is 0 Å². The molecule has 0 saturated heterocycles. The number of aromatic nitrogens is 2. The maximum absolute atomic E-state index is 13.4. The second-order valence-electron chi connectivity index (χ2n) is 8.42. The van der Waals surface area contributed by atoms with E-state index in [9.17, 15) is 9.90 Å². The lowest BCUT2D eigenvalue weighted by Crippen LogP contribution is -2.31. The van der Waals surface area contributed by atoms with Crippen LogP contribution in [0.25, 0.3) is 11.3 Å². The maximum atomic E-state index is 13.4. The van der Waals surface area contributed by atoms with Crippen molar-refractivity contribution in [2.45, 2.75) is 12.5 Å². The Hall–Kier alpha value is -4.54. The molecule has 3 aromatic carbocycles. The SMILES string of the molecule is CN(CC(O)c1ccc(C#N)cc1)C(=O)c1cnc(NCCc2ccccc2)nc1-c1ccccc1. The first-order chi connectivity index (χ1) is 17.5. The molecular weight excluding hydrogens is 450 g/mol. The summed E-state index contributed by atoms with van der Waals surface area (Å²) in [7, 11) is 1.63. The topological polar surface area (TPSA) is 102 Å². The number of nitriles is 1. The largest absolute Gasteiger partial charge is 0.387 e. The van der Waals surface area contributed by atoms with Gasteiger partial charge in [0.25, 0.3) is 5.91 Å². The summed E-state index contributed by atoms with van der Waals surface area (Å²) in [6.07, 6.45) is 1.46. The lowest BCUT2D eigenvalue weighted by atomic mass is 10.0. The van der Waals surface area contributed by atoms with E-state index < -0.39 is 6.10 Å². The molecule has 0 aliphatic rings. The highest BCUT2D eigenvalue weighted by Gasteiger charge is 2.22. The zero-order valence-corrected chi connectivity index (χ0v) is 20.0. The van der Waals surface area contributed by atoms with Crippen molar-refractivity contribution in [3.8, 4) is 17.3 Å². The van der Waals surface area contributed by atoms with Crippen LogP contribution in [0.1, 0.15) is 33.2 Å². The molecule has 1 atom stereocenters. The Morgan fingerprint density at radius 2 is 1.69 bits per heavy atom. The molecule has 4 aromatic rings. The van der Waals surface area contributed by atoms with Gasteiger partial charge in [-0.25, -0.2) is 9.97 Å². The Morgan fingerprint density at radius 1 is 1.03 bits per heavy atom. The minimum atomic E-state index is -0.897. The van der Waals surface area contributed by atoms with Crippen molar-refractivity contribution < 1.29 is 9.90 Å². The number of nitrogens with zero attached hydrogens (tertiary/aromatic N) is 4. The van der Waals surface area contributed by atoms with Crippen LogP contribution < -0.4 is 5.32 Å². The van der Waals surface area contributed by atoms with E-state index in [4.69, 9.17) is 5.26 Å². The van der Waals surface area contributed by atoms with Crippen LogP contribution in [0, 0.1) is 11.3 Å². The van der Waals surface area contributed by atoms with E-state index in [1.54, 1.807) is 31.3 Å². The molecule has 36 heavy (non-hydrogen) atoms. The number of aliphatic hydroxyl groups excluding tert-OH is 1. The molecule has 0 spiro atoms. The van der Waals surface area contributed by atoms with Crippen molar-refractivity contribution >= 4 is 11.9 Å². The van der Waals surface area contributed by atoms with Crippen molar-refractivity contribution in [3.05, 3.63) is 113 Å². The number of amides is 1. The van der Waals surface area contributed by atoms with Gasteiger partial charge in [-0.15, -0.1) is 0 Å². The molecule has 0 bridgehead atoms. The number of likely N-dealkylation sites (N-methyl/N-ethyl adjacent to an activating group) is 1. The summed E-state index contributed by atoms with van der Waals surface area (Å²) in [6.45, 7) is 0.734. The average molecular weight is 478 g/mol. The third-order valence-electron chi connectivity index (χ3n) is 5.82. The van der Waals surface area contributed by atoms with Crippen molar-refractivity contribution in [3.63, 3.8) is 0 Å². The van der Waals surface area contributed by atoms with Gasteiger partial charge in [0.15, 0.2) is 0 Å². The lowest BCUT2D eigenvalue weighted by molar-refractivity contribution is 0.0681. The smallest absolute Gasteiger partial charge is 0.257 e. The Labute approximate surface area is 210 Å². The summed E-state index contributed by atoms with van der Waals surface area (Å²) in [5, 5.41) is 22.9. The molecule has 0 fully saturated rings. The zero-order chi connectivity index (χ0) is 25.3. The van der Waals surface area contributed by atoms with Crippen LogP contribution in [0.2, 0.25) is 0 Å². The van der Waals surface area contributed by atoms with Crippen LogP contribution in [-0.2, 0) is 6.42 Å². The molecule has 0 radical (unpaired) electrons. The summed E-state index contributed by atoms with van der Waals surface area (Å²) in [5.74, 6) is 0.152. The van der Waals surface area contributed by atoms with Gasteiger partial charge in [0.1, 0.15) is 0 Å². The highest BCUT2D eigenvalue weighted by Crippen LogP contribution is 2.24. The standard InChI is InChI=1S/C29H27N5O2/c1-34(20-26(35)23-14-12-22(18-30)13-15-23)28(36)25-19-32-29(31-17-16-21-8-4-2-5-9-21)33-27(25)24-10-6-3-7-11-24/h2-15,19,26,35H,16-17,20H2,1H3,(H,31,32,33). The second-order valence-corrected chi connectivity index (χ2v) is 8.42. The normalized spacial score (nSPS) is 11.4. The predicted octanol–water partition coefficient (Wildman–Crippen LogP) is 4.48. The molecular formula is C29H27N5O2. The van der Waals surface area contributed by atoms with Crippen molar-refractivity contribution in [1.82, 2.24) is 14.9 Å². The number of carbonyl (C=O) groups is 1. The summed E-state index contributed by atoms with van der Waals surface area (Å²) < 4.78 is 0. The summed E-state index contributed by atoms with van der Waals surface area (Å²) in [5.41, 5.74) is 4.03. The molecule has 0 saturated carbocycles. The molecule has 1 aromatic heterocycles. The number of nitrogens with one attached hydrogen (secondary N) is 1. The minimum absolute atomic E-state index is 0.0794. The van der Waals surface area contributed by atoms with Crippen LogP contribution in [0.5, 0.6) is 0 Å². The van der Waals surface area contributed by atoms with Gasteiger partial charge in [-0.1, -0.05) is 72.8 Å². The first kappa shape index (κ1) is 24.6. The Balaban J connectivity index is 1.51. The van der Waals surface area contributed by atoms with Gasteiger partial charge in [-0.3, -0.25) is 4.79 Å². The van der Waals surface area contributed by atoms with Gasteiger partial charge in [0.2, 0.25) is 5.95 Å². The van der Waals surface area contributed by atoms with Gasteiger partial charge < -0.3 is 15.3 Å². The molecule has 2 N–H and O–H groups in total. The van der Waals surface area contributed by atoms with Gasteiger partial charge >= 0.3 is 0 Å².